The van der Waals surface area contributed by atoms with Crippen molar-refractivity contribution < 1.29 is 36.4 Å². The zero-order chi connectivity index (χ0) is 21.3. The van der Waals surface area contributed by atoms with Gasteiger partial charge in [0, 0.05) is 12.4 Å². The van der Waals surface area contributed by atoms with Gasteiger partial charge >= 0.3 is 0 Å². The number of hydrogen-bond acceptors (Lipinski definition) is 5. The lowest BCUT2D eigenvalue weighted by Crippen LogP contribution is -2.50. The third-order valence-corrected chi connectivity index (χ3v) is 3.84. The van der Waals surface area contributed by atoms with Gasteiger partial charge in [-0.1, -0.05) is 65.2 Å². The van der Waals surface area contributed by atoms with E-state index in [1.165, 1.54) is 77.0 Å². The Kier molecular flexibility index (Phi) is 30.6. The molecule has 0 amide bonds. The quantitative estimate of drug-likeness (QED) is 0.318. The molecule has 0 aromatic rings. The number of carbonyl (C=O) groups is 2. The number of carboxylic acids is 2. The summed E-state index contributed by atoms with van der Waals surface area (Å²) < 4.78 is 0. The van der Waals surface area contributed by atoms with Gasteiger partial charge in [0.05, 0.1) is 25.2 Å². The average Bonchev–Trinajstić information content (AvgIpc) is 2.62. The Labute approximate surface area is 165 Å². The van der Waals surface area contributed by atoms with Crippen LogP contribution in [-0.4, -0.2) is 36.2 Å². The Bertz CT molecular complexity index is 289. The topological polar surface area (TPSA) is 156 Å². The molecule has 0 saturated carbocycles. The number of aliphatic hydroxyl groups is 1. The highest BCUT2D eigenvalue weighted by Crippen LogP contribution is 2.03. The van der Waals surface area contributed by atoms with E-state index in [0.29, 0.717) is 0 Å². The molecule has 0 aliphatic carbocycles. The van der Waals surface area contributed by atoms with Crippen LogP contribution in [0.5, 0.6) is 0 Å². The zero-order valence-corrected chi connectivity index (χ0v) is 17.7. The van der Waals surface area contributed by atoms with Crippen LogP contribution >= 0.6 is 0 Å². The first kappa shape index (κ1) is 30.5. The van der Waals surface area contributed by atoms with Gasteiger partial charge in [0.2, 0.25) is 0 Å². The smallest absolute Gasteiger partial charge is 0.0985 e. The predicted octanol–water partition coefficient (Wildman–Crippen LogP) is -0.585. The minimum atomic E-state index is -1.96. The lowest BCUT2D eigenvalue weighted by molar-refractivity contribution is -0.368. The maximum Gasteiger partial charge on any atom is 0.0985 e. The molecular formula is C20H44N2O5. The Morgan fingerprint density at radius 2 is 1.07 bits per heavy atom. The van der Waals surface area contributed by atoms with Crippen LogP contribution in [0.15, 0.2) is 0 Å². The summed E-state index contributed by atoms with van der Waals surface area (Å²) in [6, 6.07) is 0. The van der Waals surface area contributed by atoms with Crippen LogP contribution in [0, 0.1) is 0 Å². The minimum absolute atomic E-state index is 0.928. The molecule has 0 spiro atoms. The van der Waals surface area contributed by atoms with Crippen LogP contribution in [0.4, 0.5) is 0 Å². The highest BCUT2D eigenvalue weighted by molar-refractivity contribution is 5.76. The van der Waals surface area contributed by atoms with Crippen molar-refractivity contribution in [3.8, 4) is 0 Å². The molecule has 0 fully saturated rings. The van der Waals surface area contributed by atoms with Crippen LogP contribution < -0.4 is 21.7 Å². The van der Waals surface area contributed by atoms with Crippen molar-refractivity contribution in [3.05, 3.63) is 0 Å². The maximum absolute atomic E-state index is 9.58. The number of carbonyl (C=O) groups excluding carboxylic acids is 2. The van der Waals surface area contributed by atoms with Crippen molar-refractivity contribution >= 4 is 11.9 Å². The third kappa shape index (κ3) is 36.5. The van der Waals surface area contributed by atoms with Crippen LogP contribution in [0.1, 0.15) is 97.3 Å². The summed E-state index contributed by atoms with van der Waals surface area (Å²) >= 11 is 0. The number of quaternary nitrogens is 2. The number of aliphatic hydroxyl groups excluding tert-OH is 1. The van der Waals surface area contributed by atoms with Crippen LogP contribution in [0.2, 0.25) is 0 Å². The lowest BCUT2D eigenvalue weighted by Gasteiger charge is -2.10. The molecule has 0 rings (SSSR count). The average molecular weight is 393 g/mol. The van der Waals surface area contributed by atoms with Crippen LogP contribution in [-0.2, 0) is 9.59 Å². The highest BCUT2D eigenvalue weighted by Gasteiger charge is 2.03. The van der Waals surface area contributed by atoms with Crippen molar-refractivity contribution in [2.24, 2.45) is 0 Å². The Morgan fingerprint density at radius 3 is 1.30 bits per heavy atom. The number of carboxylic acid groups (broad SMARTS) is 2. The molecule has 27 heavy (non-hydrogen) atoms. The molecule has 0 aliphatic rings. The van der Waals surface area contributed by atoms with Gasteiger partial charge in [0.1, 0.15) is 0 Å². The fourth-order valence-corrected chi connectivity index (χ4v) is 2.16. The molecule has 1 atom stereocenters. The first-order valence-electron chi connectivity index (χ1n) is 10.5. The Balaban J connectivity index is -0.000000320. The number of aliphatic carboxylic acids is 2. The summed E-state index contributed by atoms with van der Waals surface area (Å²) in [7, 11) is 0. The number of hydrogen-bond donors (Lipinski definition) is 3. The van der Waals surface area contributed by atoms with E-state index >= 15 is 0 Å². The van der Waals surface area contributed by atoms with Crippen molar-refractivity contribution in [3.63, 3.8) is 0 Å². The summed E-state index contributed by atoms with van der Waals surface area (Å²) in [6.07, 6.45) is 13.8. The summed E-state index contributed by atoms with van der Waals surface area (Å²) in [5.74, 6) is -3.43. The molecule has 7 nitrogen and oxygen atoms in total. The Hall–Kier alpha value is -1.18. The van der Waals surface area contributed by atoms with E-state index in [0.717, 1.165) is 13.1 Å². The van der Waals surface area contributed by atoms with Crippen molar-refractivity contribution in [1.82, 2.24) is 0 Å². The molecule has 164 valence electrons. The van der Waals surface area contributed by atoms with Crippen LogP contribution in [0.25, 0.3) is 0 Å². The maximum atomic E-state index is 9.58. The number of unbranched alkanes of at least 4 members (excludes halogenated alkanes) is 10. The van der Waals surface area contributed by atoms with Gasteiger partial charge in [0.15, 0.2) is 0 Å². The standard InChI is InChI=1S/2C8H19N.C4H6O5/c2*1-2-3-4-5-6-7-8-9;5-2(4(8)9)1-3(6)7/h2*2-9H2,1H3;2,5H,1H2,(H,6,7)(H,8,9)/t;;2-/m..1/s1. The van der Waals surface area contributed by atoms with Gasteiger partial charge in [-0.05, 0) is 25.7 Å². The first-order chi connectivity index (χ1) is 12.9. The molecule has 7 heteroatoms. The molecule has 0 unspecified atom stereocenters. The van der Waals surface area contributed by atoms with E-state index in [9.17, 15) is 19.8 Å². The second-order valence-electron chi connectivity index (χ2n) is 6.65. The second-order valence-corrected chi connectivity index (χ2v) is 6.65. The van der Waals surface area contributed by atoms with Gasteiger partial charge in [-0.15, -0.1) is 0 Å². The largest absolute Gasteiger partial charge is 0.550 e. The van der Waals surface area contributed by atoms with Crippen molar-refractivity contribution in [1.29, 1.82) is 0 Å². The molecule has 0 radical (unpaired) electrons. The van der Waals surface area contributed by atoms with E-state index in [4.69, 9.17) is 5.11 Å². The van der Waals surface area contributed by atoms with Gasteiger partial charge in [0.25, 0.3) is 0 Å². The van der Waals surface area contributed by atoms with E-state index < -0.39 is 24.5 Å². The van der Waals surface area contributed by atoms with Crippen molar-refractivity contribution in [2.45, 2.75) is 103 Å². The SMILES string of the molecule is CCCCCCCC[NH3+].CCCCCCCC[NH3+].O=C([O-])C[C@@H](O)C(=O)[O-]. The normalized spacial score (nSPS) is 10.9. The minimum Gasteiger partial charge on any atom is -0.550 e. The zero-order valence-electron chi connectivity index (χ0n) is 17.7. The lowest BCUT2D eigenvalue weighted by atomic mass is 10.1. The fraction of sp³-hybridized carbons (Fsp3) is 0.900. The molecular weight excluding hydrogens is 348 g/mol. The van der Waals surface area contributed by atoms with E-state index in [1.54, 1.807) is 0 Å². The molecule has 0 aromatic carbocycles. The number of rotatable bonds is 15. The van der Waals surface area contributed by atoms with Crippen molar-refractivity contribution in [2.75, 3.05) is 13.1 Å². The monoisotopic (exact) mass is 392 g/mol. The van der Waals surface area contributed by atoms with E-state index in [-0.39, 0.29) is 0 Å². The summed E-state index contributed by atoms with van der Waals surface area (Å²) in [6.45, 7) is 6.74. The van der Waals surface area contributed by atoms with Gasteiger partial charge in [-0.2, -0.15) is 0 Å². The first-order valence-corrected chi connectivity index (χ1v) is 10.5. The Morgan fingerprint density at radius 1 is 0.741 bits per heavy atom. The second kappa shape index (κ2) is 27.0. The molecule has 7 N–H and O–H groups in total. The van der Waals surface area contributed by atoms with Gasteiger partial charge in [-0.25, -0.2) is 0 Å². The molecule has 0 aromatic heterocycles. The predicted molar refractivity (Wildman–Crippen MR) is 103 cm³/mol. The van der Waals surface area contributed by atoms with Gasteiger partial charge < -0.3 is 36.4 Å². The van der Waals surface area contributed by atoms with E-state index in [2.05, 4.69) is 25.3 Å². The summed E-state index contributed by atoms with van der Waals surface area (Å²) in [4.78, 5) is 19.1. The van der Waals surface area contributed by atoms with Crippen LogP contribution in [0.3, 0.4) is 0 Å². The molecule has 0 heterocycles. The molecule has 0 aliphatic heterocycles. The molecule has 0 bridgehead atoms. The highest BCUT2D eigenvalue weighted by atomic mass is 16.4. The molecule has 0 saturated heterocycles. The fourth-order valence-electron chi connectivity index (χ4n) is 2.16. The summed E-state index contributed by atoms with van der Waals surface area (Å²) in [5.41, 5.74) is 7.61. The van der Waals surface area contributed by atoms with E-state index in [1.807, 2.05) is 0 Å². The third-order valence-electron chi connectivity index (χ3n) is 3.84. The summed E-state index contributed by atoms with van der Waals surface area (Å²) in [5, 5.41) is 27.3. The van der Waals surface area contributed by atoms with Gasteiger partial charge in [-0.3, -0.25) is 0 Å².